The van der Waals surface area contributed by atoms with Crippen LogP contribution >= 0.6 is 0 Å². The summed E-state index contributed by atoms with van der Waals surface area (Å²) in [4.78, 5) is 21.6. The van der Waals surface area contributed by atoms with Gasteiger partial charge in [0.15, 0.2) is 0 Å². The van der Waals surface area contributed by atoms with Gasteiger partial charge in [-0.05, 0) is 6.42 Å². The van der Waals surface area contributed by atoms with Gasteiger partial charge in [0.25, 0.3) is 0 Å². The van der Waals surface area contributed by atoms with Gasteiger partial charge in [-0.1, -0.05) is 6.92 Å². The first-order valence-electron chi connectivity index (χ1n) is 4.34. The van der Waals surface area contributed by atoms with Crippen molar-refractivity contribution in [2.75, 3.05) is 13.1 Å². The summed E-state index contributed by atoms with van der Waals surface area (Å²) in [7, 11) is 0. The normalized spacial score (nSPS) is 11.9. The minimum absolute atomic E-state index is 0.00116. The molecular weight excluding hydrogens is 170 g/mol. The van der Waals surface area contributed by atoms with Crippen molar-refractivity contribution in [1.82, 2.24) is 10.6 Å². The SMILES string of the molecule is CCC(CN)NC(=O)CNC(C)=O. The largest absolute Gasteiger partial charge is 0.351 e. The minimum Gasteiger partial charge on any atom is -0.351 e. The van der Waals surface area contributed by atoms with Crippen molar-refractivity contribution >= 4 is 11.8 Å². The fourth-order valence-electron chi connectivity index (χ4n) is 0.811. The van der Waals surface area contributed by atoms with Gasteiger partial charge in [-0.3, -0.25) is 9.59 Å². The fourth-order valence-corrected chi connectivity index (χ4v) is 0.811. The van der Waals surface area contributed by atoms with Crippen LogP contribution in [0.5, 0.6) is 0 Å². The molecule has 76 valence electrons. The zero-order valence-electron chi connectivity index (χ0n) is 8.09. The monoisotopic (exact) mass is 187 g/mol. The number of nitrogens with one attached hydrogen (secondary N) is 2. The van der Waals surface area contributed by atoms with Crippen LogP contribution in [0.1, 0.15) is 20.3 Å². The van der Waals surface area contributed by atoms with E-state index in [1.807, 2.05) is 6.92 Å². The molecule has 0 aromatic carbocycles. The van der Waals surface area contributed by atoms with Crippen LogP contribution in [-0.4, -0.2) is 30.9 Å². The summed E-state index contributed by atoms with van der Waals surface area (Å²) in [6, 6.07) is 0.00116. The molecular formula is C8H17N3O2. The van der Waals surface area contributed by atoms with Crippen LogP contribution in [0.25, 0.3) is 0 Å². The molecule has 13 heavy (non-hydrogen) atoms. The van der Waals surface area contributed by atoms with E-state index in [-0.39, 0.29) is 24.4 Å². The standard InChI is InChI=1S/C8H17N3O2/c1-3-7(4-9)11-8(13)5-10-6(2)12/h7H,3-5,9H2,1-2H3,(H,10,12)(H,11,13). The molecule has 1 atom stereocenters. The molecule has 0 saturated carbocycles. The van der Waals surface area contributed by atoms with E-state index in [9.17, 15) is 9.59 Å². The first-order valence-corrected chi connectivity index (χ1v) is 4.34. The number of rotatable bonds is 5. The molecule has 0 aliphatic rings. The van der Waals surface area contributed by atoms with Crippen molar-refractivity contribution in [2.45, 2.75) is 26.3 Å². The molecule has 0 aliphatic carbocycles. The first-order chi connectivity index (χ1) is 6.10. The Bertz CT molecular complexity index is 178. The van der Waals surface area contributed by atoms with Crippen LogP contribution in [0.2, 0.25) is 0 Å². The van der Waals surface area contributed by atoms with Gasteiger partial charge in [0.05, 0.1) is 6.54 Å². The van der Waals surface area contributed by atoms with Crippen LogP contribution in [0.3, 0.4) is 0 Å². The summed E-state index contributed by atoms with van der Waals surface area (Å²) < 4.78 is 0. The second kappa shape index (κ2) is 6.42. The smallest absolute Gasteiger partial charge is 0.239 e. The lowest BCUT2D eigenvalue weighted by Gasteiger charge is -2.14. The van der Waals surface area contributed by atoms with E-state index in [1.54, 1.807) is 0 Å². The maximum atomic E-state index is 11.1. The summed E-state index contributed by atoms with van der Waals surface area (Å²) in [5.74, 6) is -0.413. The molecule has 0 aromatic heterocycles. The van der Waals surface area contributed by atoms with Crippen molar-refractivity contribution in [2.24, 2.45) is 5.73 Å². The number of hydrogen-bond acceptors (Lipinski definition) is 3. The highest BCUT2D eigenvalue weighted by Crippen LogP contribution is 1.86. The van der Waals surface area contributed by atoms with Crippen molar-refractivity contribution in [1.29, 1.82) is 0 Å². The zero-order chi connectivity index (χ0) is 10.3. The van der Waals surface area contributed by atoms with Crippen LogP contribution in [-0.2, 0) is 9.59 Å². The molecule has 5 heteroatoms. The van der Waals surface area contributed by atoms with E-state index in [0.717, 1.165) is 6.42 Å². The predicted octanol–water partition coefficient (Wildman–Crippen LogP) is -1.02. The Labute approximate surface area is 78.1 Å². The summed E-state index contributed by atoms with van der Waals surface area (Å²) in [5, 5.41) is 5.10. The van der Waals surface area contributed by atoms with E-state index in [0.29, 0.717) is 6.54 Å². The van der Waals surface area contributed by atoms with Crippen molar-refractivity contribution in [3.8, 4) is 0 Å². The maximum Gasteiger partial charge on any atom is 0.239 e. The number of amides is 2. The van der Waals surface area contributed by atoms with Crippen LogP contribution < -0.4 is 16.4 Å². The van der Waals surface area contributed by atoms with Gasteiger partial charge < -0.3 is 16.4 Å². The first kappa shape index (κ1) is 11.9. The van der Waals surface area contributed by atoms with Gasteiger partial charge in [-0.25, -0.2) is 0 Å². The Hall–Kier alpha value is -1.10. The lowest BCUT2D eigenvalue weighted by atomic mass is 10.2. The number of carbonyl (C=O) groups is 2. The lowest BCUT2D eigenvalue weighted by molar-refractivity contribution is -0.125. The molecule has 0 fully saturated rings. The van der Waals surface area contributed by atoms with Crippen LogP contribution in [0.4, 0.5) is 0 Å². The van der Waals surface area contributed by atoms with Crippen molar-refractivity contribution in [3.63, 3.8) is 0 Å². The Morgan fingerprint density at radius 2 is 2.08 bits per heavy atom. The topological polar surface area (TPSA) is 84.2 Å². The van der Waals surface area contributed by atoms with Gasteiger partial charge in [0, 0.05) is 19.5 Å². The van der Waals surface area contributed by atoms with E-state index in [4.69, 9.17) is 5.73 Å². The lowest BCUT2D eigenvalue weighted by Crippen LogP contribution is -2.44. The summed E-state index contributed by atoms with van der Waals surface area (Å²) in [6.45, 7) is 3.75. The molecule has 0 rings (SSSR count). The van der Waals surface area contributed by atoms with Gasteiger partial charge in [0.2, 0.25) is 11.8 Å². The quantitative estimate of drug-likeness (QED) is 0.515. The fraction of sp³-hybridized carbons (Fsp3) is 0.750. The highest BCUT2D eigenvalue weighted by Gasteiger charge is 2.07. The highest BCUT2D eigenvalue weighted by molar-refractivity contribution is 5.83. The summed E-state index contributed by atoms with van der Waals surface area (Å²) >= 11 is 0. The number of nitrogens with two attached hydrogens (primary N) is 1. The third kappa shape index (κ3) is 6.10. The number of carbonyl (C=O) groups excluding carboxylic acids is 2. The number of hydrogen-bond donors (Lipinski definition) is 3. The second-order valence-corrected chi connectivity index (χ2v) is 2.82. The molecule has 0 saturated heterocycles. The Morgan fingerprint density at radius 3 is 2.46 bits per heavy atom. The molecule has 0 spiro atoms. The molecule has 0 aliphatic heterocycles. The van der Waals surface area contributed by atoms with Crippen LogP contribution in [0.15, 0.2) is 0 Å². The maximum absolute atomic E-state index is 11.1. The van der Waals surface area contributed by atoms with Gasteiger partial charge in [-0.2, -0.15) is 0 Å². The third-order valence-electron chi connectivity index (χ3n) is 1.64. The Balaban J connectivity index is 3.66. The summed E-state index contributed by atoms with van der Waals surface area (Å²) in [5.41, 5.74) is 5.39. The van der Waals surface area contributed by atoms with E-state index < -0.39 is 0 Å². The molecule has 4 N–H and O–H groups in total. The highest BCUT2D eigenvalue weighted by atomic mass is 16.2. The van der Waals surface area contributed by atoms with E-state index in [2.05, 4.69) is 10.6 Å². The second-order valence-electron chi connectivity index (χ2n) is 2.82. The minimum atomic E-state index is -0.212. The molecule has 1 unspecified atom stereocenters. The molecule has 0 aromatic rings. The van der Waals surface area contributed by atoms with Crippen molar-refractivity contribution in [3.05, 3.63) is 0 Å². The summed E-state index contributed by atoms with van der Waals surface area (Å²) in [6.07, 6.45) is 0.794. The molecule has 0 bridgehead atoms. The van der Waals surface area contributed by atoms with Gasteiger partial charge >= 0.3 is 0 Å². The van der Waals surface area contributed by atoms with Gasteiger partial charge in [0.1, 0.15) is 0 Å². The Morgan fingerprint density at radius 1 is 1.46 bits per heavy atom. The third-order valence-corrected chi connectivity index (χ3v) is 1.64. The predicted molar refractivity (Wildman–Crippen MR) is 50.0 cm³/mol. The molecule has 5 nitrogen and oxygen atoms in total. The van der Waals surface area contributed by atoms with Crippen molar-refractivity contribution < 1.29 is 9.59 Å². The average molecular weight is 187 g/mol. The van der Waals surface area contributed by atoms with Gasteiger partial charge in [-0.15, -0.1) is 0 Å². The molecule has 2 amide bonds. The van der Waals surface area contributed by atoms with E-state index >= 15 is 0 Å². The molecule has 0 heterocycles. The zero-order valence-corrected chi connectivity index (χ0v) is 8.09. The van der Waals surface area contributed by atoms with E-state index in [1.165, 1.54) is 6.92 Å². The van der Waals surface area contributed by atoms with Crippen LogP contribution in [0, 0.1) is 0 Å². The average Bonchev–Trinajstić information content (AvgIpc) is 2.10. The Kier molecular flexibility index (Phi) is 5.88. The molecule has 0 radical (unpaired) electrons.